The van der Waals surface area contributed by atoms with Gasteiger partial charge in [-0.15, -0.1) is 0 Å². The van der Waals surface area contributed by atoms with Gasteiger partial charge >= 0.3 is 0 Å². The molecule has 0 aliphatic heterocycles. The van der Waals surface area contributed by atoms with Gasteiger partial charge in [0.15, 0.2) is 5.43 Å². The molecule has 0 spiro atoms. The van der Waals surface area contributed by atoms with Crippen molar-refractivity contribution in [2.45, 2.75) is 0 Å². The van der Waals surface area contributed by atoms with E-state index in [1.807, 2.05) is 30.3 Å². The predicted octanol–water partition coefficient (Wildman–Crippen LogP) is 5.49. The topological polar surface area (TPSA) is 50.4 Å². The van der Waals surface area contributed by atoms with Crippen LogP contribution in [-0.2, 0) is 0 Å². The molecule has 0 radical (unpaired) electrons. The highest BCUT2D eigenvalue weighted by Crippen LogP contribution is 2.32. The standard InChI is InChI=1S/C21H13ClO3/c22-15-4-1-3-14(11-15)17-5-2-6-18-19(24)12-20(25-21(17)18)13-7-9-16(23)10-8-13/h1-12,23H. The summed E-state index contributed by atoms with van der Waals surface area (Å²) < 4.78 is 6.07. The lowest BCUT2D eigenvalue weighted by molar-refractivity contribution is 0.475. The van der Waals surface area contributed by atoms with Crippen molar-refractivity contribution in [1.29, 1.82) is 0 Å². The lowest BCUT2D eigenvalue weighted by Crippen LogP contribution is -2.01. The molecule has 25 heavy (non-hydrogen) atoms. The van der Waals surface area contributed by atoms with Crippen LogP contribution in [0.3, 0.4) is 0 Å². The fraction of sp³-hybridized carbons (Fsp3) is 0. The quantitative estimate of drug-likeness (QED) is 0.521. The van der Waals surface area contributed by atoms with E-state index < -0.39 is 0 Å². The van der Waals surface area contributed by atoms with Crippen LogP contribution in [0.15, 0.2) is 82.0 Å². The Morgan fingerprint density at radius 1 is 0.840 bits per heavy atom. The van der Waals surface area contributed by atoms with Gasteiger partial charge in [-0.2, -0.15) is 0 Å². The molecule has 1 heterocycles. The molecule has 0 amide bonds. The summed E-state index contributed by atoms with van der Waals surface area (Å²) in [5, 5.41) is 10.6. The van der Waals surface area contributed by atoms with Crippen LogP contribution in [0.2, 0.25) is 5.02 Å². The maximum Gasteiger partial charge on any atom is 0.193 e. The first-order valence-electron chi connectivity index (χ1n) is 7.74. The van der Waals surface area contributed by atoms with Gasteiger partial charge in [-0.3, -0.25) is 4.79 Å². The van der Waals surface area contributed by atoms with E-state index in [0.29, 0.717) is 21.8 Å². The molecule has 1 N–H and O–H groups in total. The van der Waals surface area contributed by atoms with Crippen LogP contribution in [0.1, 0.15) is 0 Å². The van der Waals surface area contributed by atoms with Crippen LogP contribution in [0.25, 0.3) is 33.4 Å². The number of phenolic OH excluding ortho intramolecular Hbond substituents is 1. The van der Waals surface area contributed by atoms with E-state index in [9.17, 15) is 9.90 Å². The second-order valence-electron chi connectivity index (χ2n) is 5.71. The number of benzene rings is 3. The maximum absolute atomic E-state index is 12.6. The summed E-state index contributed by atoms with van der Waals surface area (Å²) in [6.45, 7) is 0. The first-order valence-corrected chi connectivity index (χ1v) is 8.12. The zero-order valence-electron chi connectivity index (χ0n) is 13.1. The highest BCUT2D eigenvalue weighted by atomic mass is 35.5. The molecule has 0 saturated heterocycles. The molecule has 3 aromatic carbocycles. The molecule has 122 valence electrons. The van der Waals surface area contributed by atoms with Crippen molar-refractivity contribution < 1.29 is 9.52 Å². The van der Waals surface area contributed by atoms with Gasteiger partial charge in [-0.25, -0.2) is 0 Å². The molecule has 0 aliphatic carbocycles. The third-order valence-electron chi connectivity index (χ3n) is 4.04. The van der Waals surface area contributed by atoms with E-state index in [1.54, 1.807) is 36.4 Å². The van der Waals surface area contributed by atoms with Gasteiger partial charge in [0.05, 0.1) is 5.39 Å². The molecule has 4 heteroatoms. The number of fused-ring (bicyclic) bond motifs is 1. The minimum Gasteiger partial charge on any atom is -0.508 e. The van der Waals surface area contributed by atoms with Crippen LogP contribution >= 0.6 is 11.6 Å². The second kappa shape index (κ2) is 6.11. The Kier molecular flexibility index (Phi) is 3.79. The Hall–Kier alpha value is -3.04. The second-order valence-corrected chi connectivity index (χ2v) is 6.15. The maximum atomic E-state index is 12.6. The van der Waals surface area contributed by atoms with Crippen molar-refractivity contribution in [2.75, 3.05) is 0 Å². The number of halogens is 1. The number of rotatable bonds is 2. The van der Waals surface area contributed by atoms with Crippen molar-refractivity contribution in [1.82, 2.24) is 0 Å². The Labute approximate surface area is 148 Å². The van der Waals surface area contributed by atoms with Gasteiger partial charge in [0.1, 0.15) is 17.1 Å². The number of hydrogen-bond donors (Lipinski definition) is 1. The highest BCUT2D eigenvalue weighted by Gasteiger charge is 2.12. The lowest BCUT2D eigenvalue weighted by Gasteiger charge is -2.08. The van der Waals surface area contributed by atoms with Crippen molar-refractivity contribution in [2.24, 2.45) is 0 Å². The van der Waals surface area contributed by atoms with E-state index in [2.05, 4.69) is 0 Å². The van der Waals surface area contributed by atoms with E-state index >= 15 is 0 Å². The van der Waals surface area contributed by atoms with Gasteiger partial charge in [0.2, 0.25) is 0 Å². The fourth-order valence-electron chi connectivity index (χ4n) is 2.83. The summed E-state index contributed by atoms with van der Waals surface area (Å²) in [7, 11) is 0. The molecule has 0 unspecified atom stereocenters. The number of hydrogen-bond acceptors (Lipinski definition) is 3. The molecular weight excluding hydrogens is 336 g/mol. The molecule has 1 aromatic heterocycles. The summed E-state index contributed by atoms with van der Waals surface area (Å²) in [5.41, 5.74) is 2.80. The summed E-state index contributed by atoms with van der Waals surface area (Å²) in [6.07, 6.45) is 0. The molecule has 3 nitrogen and oxygen atoms in total. The van der Waals surface area contributed by atoms with Gasteiger partial charge in [-0.05, 0) is 48.0 Å². The van der Waals surface area contributed by atoms with Crippen LogP contribution in [0, 0.1) is 0 Å². The van der Waals surface area contributed by atoms with E-state index in [0.717, 1.165) is 16.7 Å². The normalized spacial score (nSPS) is 10.9. The SMILES string of the molecule is O=c1cc(-c2ccc(O)cc2)oc2c(-c3cccc(Cl)c3)cccc12. The summed E-state index contributed by atoms with van der Waals surface area (Å²) in [6, 6.07) is 20.9. The Morgan fingerprint density at radius 2 is 1.60 bits per heavy atom. The summed E-state index contributed by atoms with van der Waals surface area (Å²) in [4.78, 5) is 12.6. The van der Waals surface area contributed by atoms with Crippen molar-refractivity contribution in [3.05, 3.63) is 88.0 Å². The van der Waals surface area contributed by atoms with Gasteiger partial charge in [0, 0.05) is 22.2 Å². The Bertz CT molecular complexity index is 1130. The minimum atomic E-state index is -0.117. The Morgan fingerprint density at radius 3 is 2.36 bits per heavy atom. The van der Waals surface area contributed by atoms with Crippen LogP contribution < -0.4 is 5.43 Å². The van der Waals surface area contributed by atoms with Gasteiger partial charge < -0.3 is 9.52 Å². The molecule has 0 aliphatic rings. The van der Waals surface area contributed by atoms with Crippen LogP contribution in [0.5, 0.6) is 5.75 Å². The lowest BCUT2D eigenvalue weighted by atomic mass is 10.0. The van der Waals surface area contributed by atoms with Crippen LogP contribution in [0.4, 0.5) is 0 Å². The third-order valence-corrected chi connectivity index (χ3v) is 4.28. The van der Waals surface area contributed by atoms with Crippen molar-refractivity contribution in [3.63, 3.8) is 0 Å². The van der Waals surface area contributed by atoms with Crippen LogP contribution in [-0.4, -0.2) is 5.11 Å². The first-order chi connectivity index (χ1) is 12.1. The van der Waals surface area contributed by atoms with E-state index in [4.69, 9.17) is 16.0 Å². The average Bonchev–Trinajstić information content (AvgIpc) is 2.62. The number of phenols is 1. The summed E-state index contributed by atoms with van der Waals surface area (Å²) in [5.74, 6) is 0.610. The number of aromatic hydroxyl groups is 1. The molecule has 0 bridgehead atoms. The van der Waals surface area contributed by atoms with Crippen molar-refractivity contribution in [3.8, 4) is 28.2 Å². The van der Waals surface area contributed by atoms with Crippen molar-refractivity contribution >= 4 is 22.6 Å². The van der Waals surface area contributed by atoms with E-state index in [1.165, 1.54) is 6.07 Å². The highest BCUT2D eigenvalue weighted by molar-refractivity contribution is 6.30. The third kappa shape index (κ3) is 2.90. The average molecular weight is 349 g/mol. The molecule has 0 saturated carbocycles. The predicted molar refractivity (Wildman–Crippen MR) is 100 cm³/mol. The minimum absolute atomic E-state index is 0.117. The largest absolute Gasteiger partial charge is 0.508 e. The van der Waals surface area contributed by atoms with E-state index in [-0.39, 0.29) is 11.2 Å². The molecular formula is C21H13ClO3. The molecule has 4 aromatic rings. The summed E-state index contributed by atoms with van der Waals surface area (Å²) >= 11 is 6.10. The molecule has 4 rings (SSSR count). The fourth-order valence-corrected chi connectivity index (χ4v) is 3.02. The smallest absolute Gasteiger partial charge is 0.193 e. The number of para-hydroxylation sites is 1. The first kappa shape index (κ1) is 15.5. The zero-order chi connectivity index (χ0) is 17.4. The molecule has 0 atom stereocenters. The molecule has 0 fully saturated rings. The van der Waals surface area contributed by atoms with Gasteiger partial charge in [0.25, 0.3) is 0 Å². The monoisotopic (exact) mass is 348 g/mol. The zero-order valence-corrected chi connectivity index (χ0v) is 13.8. The Balaban J connectivity index is 1.99. The van der Waals surface area contributed by atoms with Gasteiger partial charge in [-0.1, -0.05) is 35.9 Å².